The highest BCUT2D eigenvalue weighted by atomic mass is 16.7. The Morgan fingerprint density at radius 3 is 2.41 bits per heavy atom. The smallest absolute Gasteiger partial charge is 0.493 e. The van der Waals surface area contributed by atoms with Crippen molar-refractivity contribution in [1.82, 2.24) is 10.5 Å². The first-order valence-corrected chi connectivity index (χ1v) is 12.1. The van der Waals surface area contributed by atoms with Crippen LogP contribution in [-0.4, -0.2) is 57.8 Å². The Bertz CT molecular complexity index is 1410. The minimum absolute atomic E-state index is 0.0521. The molecule has 0 atom stereocenters. The van der Waals surface area contributed by atoms with Gasteiger partial charge in [0.15, 0.2) is 11.5 Å². The average Bonchev–Trinajstić information content (AvgIpc) is 2.97. The van der Waals surface area contributed by atoms with Gasteiger partial charge in [-0.15, -0.1) is 0 Å². The fourth-order valence-electron chi connectivity index (χ4n) is 3.34. The van der Waals surface area contributed by atoms with Crippen molar-refractivity contribution in [3.05, 3.63) is 94.0 Å². The maximum absolute atomic E-state index is 12.6. The number of methoxy groups -OCH3 is 1. The minimum Gasteiger partial charge on any atom is -0.493 e. The normalized spacial score (nSPS) is 10.5. The van der Waals surface area contributed by atoms with Crippen molar-refractivity contribution in [2.45, 2.75) is 0 Å². The van der Waals surface area contributed by atoms with Crippen LogP contribution >= 0.6 is 0 Å². The lowest BCUT2D eigenvalue weighted by atomic mass is 10.1. The summed E-state index contributed by atoms with van der Waals surface area (Å²) in [7, 11) is 4.28. The Labute approximate surface area is 235 Å². The summed E-state index contributed by atoms with van der Waals surface area (Å²) in [5.41, 5.74) is 1.04. The molecule has 3 N–H and O–H groups in total. The zero-order valence-corrected chi connectivity index (χ0v) is 22.1. The van der Waals surface area contributed by atoms with Crippen LogP contribution in [0.5, 0.6) is 17.2 Å². The highest BCUT2D eigenvalue weighted by molar-refractivity contribution is 6.23. The molecule has 41 heavy (non-hydrogen) atoms. The van der Waals surface area contributed by atoms with Gasteiger partial charge in [0.25, 0.3) is 11.6 Å². The topological polar surface area (TPSA) is 167 Å². The van der Waals surface area contributed by atoms with Crippen LogP contribution in [0.4, 0.5) is 16.2 Å². The maximum Gasteiger partial charge on any atom is 0.519 e. The fourth-order valence-corrected chi connectivity index (χ4v) is 3.34. The number of carbonyl (C=O) groups excluding carboxylic acids is 3. The third-order valence-corrected chi connectivity index (χ3v) is 5.24. The number of carbonyl (C=O) groups is 3. The van der Waals surface area contributed by atoms with Gasteiger partial charge in [-0.25, -0.2) is 4.79 Å². The summed E-state index contributed by atoms with van der Waals surface area (Å²) in [6.45, 7) is 0.808. The van der Waals surface area contributed by atoms with Gasteiger partial charge in [-0.1, -0.05) is 18.2 Å². The van der Waals surface area contributed by atoms with E-state index in [0.717, 1.165) is 0 Å². The van der Waals surface area contributed by atoms with E-state index in [0.29, 0.717) is 29.9 Å². The van der Waals surface area contributed by atoms with E-state index >= 15 is 0 Å². The van der Waals surface area contributed by atoms with Crippen molar-refractivity contribution in [3.8, 4) is 17.2 Å². The number of non-ortho nitro benzene ring substituents is 1. The molecule has 0 fully saturated rings. The molecule has 3 aromatic rings. The molecule has 0 bridgehead atoms. The molecule has 0 unspecified atom stereocenters. The summed E-state index contributed by atoms with van der Waals surface area (Å²) < 4.78 is 20.3. The van der Waals surface area contributed by atoms with E-state index in [1.807, 2.05) is 0 Å². The third kappa shape index (κ3) is 9.49. The third-order valence-electron chi connectivity index (χ3n) is 5.24. The number of amides is 2. The van der Waals surface area contributed by atoms with Gasteiger partial charge >= 0.3 is 13.8 Å². The van der Waals surface area contributed by atoms with Gasteiger partial charge in [0.05, 0.1) is 23.3 Å². The van der Waals surface area contributed by atoms with Crippen LogP contribution in [0.25, 0.3) is 6.08 Å². The molecular weight excluding hydrogens is 535 g/mol. The predicted molar refractivity (Wildman–Crippen MR) is 150 cm³/mol. The van der Waals surface area contributed by atoms with E-state index in [1.54, 1.807) is 30.3 Å². The summed E-state index contributed by atoms with van der Waals surface area (Å²) in [6.07, 6.45) is 1.71. The van der Waals surface area contributed by atoms with E-state index in [2.05, 4.69) is 15.9 Å². The van der Waals surface area contributed by atoms with E-state index in [4.69, 9.17) is 18.9 Å². The lowest BCUT2D eigenvalue weighted by Crippen LogP contribution is -2.34. The van der Waals surface area contributed by atoms with Gasteiger partial charge in [-0.3, -0.25) is 19.7 Å². The molecule has 0 aromatic heterocycles. The molecule has 13 nitrogen and oxygen atoms in total. The first kappa shape index (κ1) is 30.3. The lowest BCUT2D eigenvalue weighted by Gasteiger charge is -2.11. The fraction of sp³-hybridized carbons (Fsp3) is 0.148. The van der Waals surface area contributed by atoms with E-state index < -0.39 is 17.0 Å². The number of ether oxygens (including phenoxy) is 3. The summed E-state index contributed by atoms with van der Waals surface area (Å²) in [5.74, 6) is -0.532. The number of nitrogens with one attached hydrogen (secondary N) is 3. The molecule has 0 saturated heterocycles. The van der Waals surface area contributed by atoms with Crippen LogP contribution in [0.2, 0.25) is 0 Å². The van der Waals surface area contributed by atoms with E-state index in [-0.39, 0.29) is 28.8 Å². The number of hydrogen-bond donors (Lipinski definition) is 3. The summed E-state index contributed by atoms with van der Waals surface area (Å²) in [6, 6.07) is 16.1. The Morgan fingerprint density at radius 1 is 0.951 bits per heavy atom. The van der Waals surface area contributed by atoms with E-state index in [1.165, 1.54) is 70.4 Å². The van der Waals surface area contributed by atoms with Crippen molar-refractivity contribution < 1.29 is 38.2 Å². The van der Waals surface area contributed by atoms with Gasteiger partial charge in [-0.05, 0) is 48.0 Å². The molecule has 0 aliphatic rings. The van der Waals surface area contributed by atoms with Crippen LogP contribution in [-0.2, 0) is 9.45 Å². The number of rotatable bonds is 13. The molecule has 3 rings (SSSR count). The molecule has 0 spiro atoms. The summed E-state index contributed by atoms with van der Waals surface area (Å²) >= 11 is 0. The summed E-state index contributed by atoms with van der Waals surface area (Å²) in [4.78, 5) is 47.5. The second-order valence-corrected chi connectivity index (χ2v) is 8.05. The quantitative estimate of drug-likeness (QED) is 0.0536. The van der Waals surface area contributed by atoms with Crippen LogP contribution in [0.1, 0.15) is 15.9 Å². The first-order chi connectivity index (χ1) is 19.8. The zero-order valence-electron chi connectivity index (χ0n) is 22.1. The number of nitrogens with zero attached hydrogens (tertiary/aromatic N) is 1. The molecule has 1 radical (unpaired) electrons. The second kappa shape index (κ2) is 15.4. The van der Waals surface area contributed by atoms with Crippen LogP contribution in [0.15, 0.2) is 72.8 Å². The molecule has 211 valence electrons. The van der Waals surface area contributed by atoms with Gasteiger partial charge < -0.3 is 34.7 Å². The number of benzene rings is 3. The summed E-state index contributed by atoms with van der Waals surface area (Å²) in [5, 5.41) is 19.0. The molecule has 0 heterocycles. The molecule has 3 aromatic carbocycles. The van der Waals surface area contributed by atoms with Gasteiger partial charge in [-0.2, -0.15) is 0 Å². The van der Waals surface area contributed by atoms with Crippen molar-refractivity contribution in [2.75, 3.05) is 32.6 Å². The molecule has 0 saturated carbocycles. The Morgan fingerprint density at radius 2 is 1.71 bits per heavy atom. The van der Waals surface area contributed by atoms with Crippen molar-refractivity contribution >= 4 is 43.0 Å². The Kier molecular flexibility index (Phi) is 11.4. The Balaban J connectivity index is 1.59. The number of nitro groups is 1. The molecule has 2 amide bonds. The zero-order chi connectivity index (χ0) is 29.6. The molecule has 0 aliphatic heterocycles. The van der Waals surface area contributed by atoms with Gasteiger partial charge in [0.2, 0.25) is 5.91 Å². The van der Waals surface area contributed by atoms with Gasteiger partial charge in [0, 0.05) is 38.4 Å². The molecule has 0 aliphatic carbocycles. The van der Waals surface area contributed by atoms with Gasteiger partial charge in [0.1, 0.15) is 5.75 Å². The van der Waals surface area contributed by atoms with Crippen molar-refractivity contribution in [2.24, 2.45) is 0 Å². The average molecular weight is 561 g/mol. The van der Waals surface area contributed by atoms with Crippen LogP contribution in [0, 0.1) is 10.1 Å². The molecular formula is C27H26BN4O9. The highest BCUT2D eigenvalue weighted by Gasteiger charge is 2.15. The first-order valence-electron chi connectivity index (χ1n) is 12.1. The monoisotopic (exact) mass is 561 g/mol. The maximum atomic E-state index is 12.6. The largest absolute Gasteiger partial charge is 0.519 e. The number of para-hydroxylation sites is 1. The standard InChI is InChI=1S/C27H26BN4O9/c1-38-24-17-18(7-13-23(24)41-27(35)40-20-11-9-19(10-12-20)32(36)37)8-14-25(33)31-22-6-4-3-5-21(22)26(34)29-15-16-30-28-39-2/h3-14,17,30H,15-16H2,1-2H3,(H,29,34)(H,31,33)/b14-8+. The predicted octanol–water partition coefficient (Wildman–Crippen LogP) is 3.33. The number of nitro benzene ring substituents is 1. The number of hydrogen-bond acceptors (Lipinski definition) is 10. The SMILES string of the molecule is CO[B]NCCNC(=O)c1ccccc1NC(=O)/C=C/c1ccc(OC(=O)Oc2ccc([N+](=O)[O-])cc2)c(OC)c1. The van der Waals surface area contributed by atoms with Crippen molar-refractivity contribution in [3.63, 3.8) is 0 Å². The molecule has 14 heteroatoms. The van der Waals surface area contributed by atoms with Crippen LogP contribution in [0.3, 0.4) is 0 Å². The highest BCUT2D eigenvalue weighted by Crippen LogP contribution is 2.29. The minimum atomic E-state index is -1.08. The second-order valence-electron chi connectivity index (χ2n) is 8.05. The van der Waals surface area contributed by atoms with Crippen molar-refractivity contribution in [1.29, 1.82) is 0 Å². The van der Waals surface area contributed by atoms with Crippen LogP contribution < -0.4 is 30.1 Å². The lowest BCUT2D eigenvalue weighted by molar-refractivity contribution is -0.384. The Hall–Kier alpha value is -5.21. The number of anilines is 1. The van der Waals surface area contributed by atoms with E-state index in [9.17, 15) is 24.5 Å².